The van der Waals surface area contributed by atoms with E-state index in [0.29, 0.717) is 6.42 Å². The Morgan fingerprint density at radius 3 is 2.92 bits per heavy atom. The molecular formula is C8H12O4. The van der Waals surface area contributed by atoms with Crippen LogP contribution in [0.4, 0.5) is 0 Å². The second-order valence-electron chi connectivity index (χ2n) is 3.08. The van der Waals surface area contributed by atoms with Gasteiger partial charge in [0.05, 0.1) is 13.0 Å². The monoisotopic (exact) mass is 172 g/mol. The van der Waals surface area contributed by atoms with Crippen molar-refractivity contribution in [1.29, 1.82) is 0 Å². The van der Waals surface area contributed by atoms with E-state index in [1.807, 2.05) is 0 Å². The summed E-state index contributed by atoms with van der Waals surface area (Å²) in [5, 5.41) is 8.78. The highest BCUT2D eigenvalue weighted by Crippen LogP contribution is 2.24. The zero-order chi connectivity index (χ0) is 9.14. The third-order valence-corrected chi connectivity index (χ3v) is 1.97. The molecule has 0 spiro atoms. The van der Waals surface area contributed by atoms with Crippen LogP contribution < -0.4 is 0 Å². The molecule has 4 nitrogen and oxygen atoms in total. The van der Waals surface area contributed by atoms with Crippen molar-refractivity contribution in [3.05, 3.63) is 0 Å². The van der Waals surface area contributed by atoms with Crippen LogP contribution in [0.2, 0.25) is 0 Å². The molecule has 0 aromatic carbocycles. The number of aliphatic hydroxyl groups is 1. The van der Waals surface area contributed by atoms with Gasteiger partial charge in [-0.1, -0.05) is 0 Å². The largest absolute Gasteiger partial charge is 0.460 e. The summed E-state index contributed by atoms with van der Waals surface area (Å²) in [4.78, 5) is 21.5. The lowest BCUT2D eigenvalue weighted by Crippen LogP contribution is -2.22. The highest BCUT2D eigenvalue weighted by atomic mass is 16.6. The lowest BCUT2D eigenvalue weighted by atomic mass is 9.96. The molecule has 0 aromatic rings. The lowest BCUT2D eigenvalue weighted by molar-refractivity contribution is -0.143. The van der Waals surface area contributed by atoms with Gasteiger partial charge < -0.3 is 14.6 Å². The standard InChI is InChI=1S/C8H12O4/c1-5(10)2-6-3-8(11)12-7(6)4-9/h6-7,9H,2-4H2,1H3/t6-,7-/m1/s1. The Balaban J connectivity index is 2.51. The number of hydrogen-bond donors (Lipinski definition) is 1. The molecule has 0 unspecified atom stereocenters. The summed E-state index contributed by atoms with van der Waals surface area (Å²) in [6.07, 6.45) is 0.100. The topological polar surface area (TPSA) is 63.6 Å². The van der Waals surface area contributed by atoms with Crippen molar-refractivity contribution in [3.8, 4) is 0 Å². The third kappa shape index (κ3) is 2.04. The van der Waals surface area contributed by atoms with Gasteiger partial charge in [0.1, 0.15) is 11.9 Å². The van der Waals surface area contributed by atoms with Crippen LogP contribution in [0, 0.1) is 5.92 Å². The average Bonchev–Trinajstić information content (AvgIpc) is 2.29. The molecule has 68 valence electrons. The summed E-state index contributed by atoms with van der Waals surface area (Å²) in [7, 11) is 0. The Kier molecular flexibility index (Phi) is 2.81. The normalized spacial score (nSPS) is 28.7. The van der Waals surface area contributed by atoms with E-state index in [2.05, 4.69) is 0 Å². The molecule has 0 bridgehead atoms. The molecule has 1 aliphatic heterocycles. The van der Waals surface area contributed by atoms with Crippen molar-refractivity contribution in [2.24, 2.45) is 5.92 Å². The fourth-order valence-corrected chi connectivity index (χ4v) is 1.42. The minimum absolute atomic E-state index is 0.0248. The average molecular weight is 172 g/mol. The minimum Gasteiger partial charge on any atom is -0.460 e. The molecule has 0 aromatic heterocycles. The van der Waals surface area contributed by atoms with E-state index >= 15 is 0 Å². The van der Waals surface area contributed by atoms with Crippen molar-refractivity contribution in [1.82, 2.24) is 0 Å². The first-order valence-corrected chi connectivity index (χ1v) is 3.93. The van der Waals surface area contributed by atoms with Crippen molar-refractivity contribution < 1.29 is 19.4 Å². The summed E-state index contributed by atoms with van der Waals surface area (Å²) in [6.45, 7) is 1.28. The van der Waals surface area contributed by atoms with Gasteiger partial charge in [-0.05, 0) is 6.92 Å². The SMILES string of the molecule is CC(=O)C[C@@H]1CC(=O)O[C@@H]1CO. The molecule has 1 fully saturated rings. The maximum absolute atomic E-state index is 10.8. The lowest BCUT2D eigenvalue weighted by Gasteiger charge is -2.12. The van der Waals surface area contributed by atoms with Gasteiger partial charge >= 0.3 is 5.97 Å². The zero-order valence-corrected chi connectivity index (χ0v) is 6.95. The van der Waals surface area contributed by atoms with Gasteiger partial charge in [0.25, 0.3) is 0 Å². The van der Waals surface area contributed by atoms with Gasteiger partial charge in [0.2, 0.25) is 0 Å². The molecule has 0 aliphatic carbocycles. The number of carbonyl (C=O) groups is 2. The van der Waals surface area contributed by atoms with Gasteiger partial charge in [-0.3, -0.25) is 4.79 Å². The maximum Gasteiger partial charge on any atom is 0.306 e. The number of rotatable bonds is 3. The molecule has 0 radical (unpaired) electrons. The number of cyclic esters (lactones) is 1. The van der Waals surface area contributed by atoms with Crippen LogP contribution in [0.15, 0.2) is 0 Å². The van der Waals surface area contributed by atoms with Crippen LogP contribution in [-0.4, -0.2) is 29.6 Å². The summed E-state index contributed by atoms with van der Waals surface area (Å²) >= 11 is 0. The predicted molar refractivity (Wildman–Crippen MR) is 40.4 cm³/mol. The molecule has 1 aliphatic rings. The van der Waals surface area contributed by atoms with Crippen molar-refractivity contribution in [2.45, 2.75) is 25.9 Å². The second-order valence-corrected chi connectivity index (χ2v) is 3.08. The second kappa shape index (κ2) is 3.67. The van der Waals surface area contributed by atoms with Crippen molar-refractivity contribution in [2.75, 3.05) is 6.61 Å². The number of esters is 1. The molecule has 0 amide bonds. The Morgan fingerprint density at radius 2 is 2.42 bits per heavy atom. The molecule has 1 N–H and O–H groups in total. The smallest absolute Gasteiger partial charge is 0.306 e. The van der Waals surface area contributed by atoms with E-state index in [9.17, 15) is 9.59 Å². The van der Waals surface area contributed by atoms with Gasteiger partial charge in [-0.2, -0.15) is 0 Å². The Labute approximate surface area is 70.5 Å². The van der Waals surface area contributed by atoms with Crippen LogP contribution in [-0.2, 0) is 14.3 Å². The molecule has 1 saturated heterocycles. The maximum atomic E-state index is 10.8. The highest BCUT2D eigenvalue weighted by molar-refractivity contribution is 5.78. The Bertz CT molecular complexity index is 199. The third-order valence-electron chi connectivity index (χ3n) is 1.97. The van der Waals surface area contributed by atoms with Crippen LogP contribution in [0.5, 0.6) is 0 Å². The Hall–Kier alpha value is -0.900. The first kappa shape index (κ1) is 9.19. The van der Waals surface area contributed by atoms with Gasteiger partial charge in [-0.25, -0.2) is 0 Å². The van der Waals surface area contributed by atoms with Crippen LogP contribution in [0.25, 0.3) is 0 Å². The van der Waals surface area contributed by atoms with Crippen LogP contribution in [0.3, 0.4) is 0 Å². The zero-order valence-electron chi connectivity index (χ0n) is 6.95. The summed E-state index contributed by atoms with van der Waals surface area (Å²) in [6, 6.07) is 0. The number of ketones is 1. The van der Waals surface area contributed by atoms with E-state index in [1.54, 1.807) is 0 Å². The quantitative estimate of drug-likeness (QED) is 0.603. The fourth-order valence-electron chi connectivity index (χ4n) is 1.42. The van der Waals surface area contributed by atoms with Gasteiger partial charge in [-0.15, -0.1) is 0 Å². The Morgan fingerprint density at radius 1 is 1.75 bits per heavy atom. The van der Waals surface area contributed by atoms with Crippen molar-refractivity contribution in [3.63, 3.8) is 0 Å². The van der Waals surface area contributed by atoms with Crippen molar-refractivity contribution >= 4 is 11.8 Å². The predicted octanol–water partition coefficient (Wildman–Crippen LogP) is -0.111. The van der Waals surface area contributed by atoms with E-state index < -0.39 is 6.10 Å². The fraction of sp³-hybridized carbons (Fsp3) is 0.750. The van der Waals surface area contributed by atoms with Gasteiger partial charge in [0.15, 0.2) is 0 Å². The number of ether oxygens (including phenoxy) is 1. The number of Topliss-reactive ketones (excluding diaryl/α,β-unsaturated/α-hetero) is 1. The summed E-state index contributed by atoms with van der Waals surface area (Å²) < 4.78 is 4.78. The highest BCUT2D eigenvalue weighted by Gasteiger charge is 2.34. The first-order valence-electron chi connectivity index (χ1n) is 3.93. The molecule has 1 rings (SSSR count). The van der Waals surface area contributed by atoms with E-state index in [1.165, 1.54) is 6.92 Å². The minimum atomic E-state index is -0.471. The molecule has 2 atom stereocenters. The number of hydrogen-bond acceptors (Lipinski definition) is 4. The molecule has 1 heterocycles. The van der Waals surface area contributed by atoms with E-state index in [4.69, 9.17) is 9.84 Å². The van der Waals surface area contributed by atoms with Crippen LogP contribution >= 0.6 is 0 Å². The van der Waals surface area contributed by atoms with Crippen LogP contribution in [0.1, 0.15) is 19.8 Å². The number of aliphatic hydroxyl groups excluding tert-OH is 1. The first-order chi connectivity index (χ1) is 5.63. The number of carbonyl (C=O) groups excluding carboxylic acids is 2. The molecule has 12 heavy (non-hydrogen) atoms. The van der Waals surface area contributed by atoms with Gasteiger partial charge in [0, 0.05) is 12.3 Å². The van der Waals surface area contributed by atoms with E-state index in [0.717, 1.165) is 0 Å². The molecule has 4 heteroatoms. The van der Waals surface area contributed by atoms with E-state index in [-0.39, 0.29) is 30.7 Å². The molecular weight excluding hydrogens is 160 g/mol. The summed E-state index contributed by atoms with van der Waals surface area (Å²) in [5.74, 6) is -0.419. The molecule has 0 saturated carbocycles. The summed E-state index contributed by atoms with van der Waals surface area (Å²) in [5.41, 5.74) is 0.